The Kier molecular flexibility index (Phi) is 6.11. The van der Waals surface area contributed by atoms with Gasteiger partial charge in [-0.25, -0.2) is 8.42 Å². The zero-order chi connectivity index (χ0) is 16.2. The van der Waals surface area contributed by atoms with Gasteiger partial charge in [0.15, 0.2) is 5.00 Å². The van der Waals surface area contributed by atoms with E-state index in [1.807, 2.05) is 20.8 Å². The molecule has 0 bridgehead atoms. The first-order valence-corrected chi connectivity index (χ1v) is 8.94. The molecule has 1 aromatic rings. The number of nitro groups is 1. The van der Waals surface area contributed by atoms with Gasteiger partial charge in [0, 0.05) is 26.2 Å². The molecule has 0 aliphatic heterocycles. The molecule has 0 aromatic carbocycles. The Morgan fingerprint density at radius 3 is 2.57 bits per heavy atom. The maximum Gasteiger partial charge on any atom is 0.304 e. The normalized spacial score (nSPS) is 12.1. The lowest BCUT2D eigenvalue weighted by Crippen LogP contribution is -2.29. The van der Waals surface area contributed by atoms with Crippen molar-refractivity contribution in [3.05, 3.63) is 16.2 Å². The molecule has 0 fully saturated rings. The fourth-order valence-electron chi connectivity index (χ4n) is 1.75. The number of thiophene rings is 1. The van der Waals surface area contributed by atoms with E-state index in [4.69, 9.17) is 0 Å². The number of nitrogens with one attached hydrogen (secondary N) is 1. The standard InChI is InChI=1S/C12H21N3O4S2/c1-5-6-13-12-10(15(16)17)7-11(20-12)21(18,19)14(4)8-9(2)3/h7,9,13H,5-6,8H2,1-4H3. The number of hydrogen-bond donors (Lipinski definition) is 1. The van der Waals surface area contributed by atoms with Crippen LogP contribution in [0.2, 0.25) is 0 Å². The molecule has 0 saturated heterocycles. The van der Waals surface area contributed by atoms with Gasteiger partial charge >= 0.3 is 5.69 Å². The summed E-state index contributed by atoms with van der Waals surface area (Å²) in [7, 11) is -2.20. The Bertz CT molecular complexity index is 596. The van der Waals surface area contributed by atoms with E-state index in [-0.39, 0.29) is 15.8 Å². The molecule has 1 rings (SSSR count). The van der Waals surface area contributed by atoms with Gasteiger partial charge in [0.05, 0.1) is 4.92 Å². The molecule has 1 heterocycles. The predicted octanol–water partition coefficient (Wildman–Crippen LogP) is 2.75. The second-order valence-corrected chi connectivity index (χ2v) is 8.47. The van der Waals surface area contributed by atoms with Crippen LogP contribution in [0.4, 0.5) is 10.7 Å². The van der Waals surface area contributed by atoms with Crippen LogP contribution in [0.3, 0.4) is 0 Å². The van der Waals surface area contributed by atoms with Gasteiger partial charge < -0.3 is 5.32 Å². The second kappa shape index (κ2) is 7.19. The number of anilines is 1. The molecule has 120 valence electrons. The molecule has 0 spiro atoms. The van der Waals surface area contributed by atoms with Crippen molar-refractivity contribution in [3.8, 4) is 0 Å². The largest absolute Gasteiger partial charge is 0.371 e. The van der Waals surface area contributed by atoms with Crippen molar-refractivity contribution in [2.45, 2.75) is 31.4 Å². The van der Waals surface area contributed by atoms with Crippen LogP contribution in [0.5, 0.6) is 0 Å². The van der Waals surface area contributed by atoms with E-state index in [1.165, 1.54) is 11.4 Å². The third kappa shape index (κ3) is 4.39. The van der Waals surface area contributed by atoms with Gasteiger partial charge in [-0.3, -0.25) is 10.1 Å². The lowest BCUT2D eigenvalue weighted by atomic mass is 10.2. The van der Waals surface area contributed by atoms with Crippen LogP contribution < -0.4 is 5.32 Å². The molecule has 7 nitrogen and oxygen atoms in total. The molecule has 21 heavy (non-hydrogen) atoms. The van der Waals surface area contributed by atoms with Crippen LogP contribution in [0.15, 0.2) is 10.3 Å². The SMILES string of the molecule is CCCNc1sc(S(=O)(=O)N(C)CC(C)C)cc1[N+](=O)[O-]. The summed E-state index contributed by atoms with van der Waals surface area (Å²) in [4.78, 5) is 10.5. The van der Waals surface area contributed by atoms with Gasteiger partial charge in [-0.2, -0.15) is 4.31 Å². The van der Waals surface area contributed by atoms with E-state index in [1.54, 1.807) is 0 Å². The van der Waals surface area contributed by atoms with E-state index in [0.717, 1.165) is 23.8 Å². The van der Waals surface area contributed by atoms with Gasteiger partial charge in [0.1, 0.15) is 4.21 Å². The molecule has 1 N–H and O–H groups in total. The average Bonchev–Trinajstić information content (AvgIpc) is 2.80. The van der Waals surface area contributed by atoms with E-state index in [2.05, 4.69) is 5.32 Å². The third-order valence-corrected chi connectivity index (χ3v) is 6.06. The second-order valence-electron chi connectivity index (χ2n) is 5.14. The monoisotopic (exact) mass is 335 g/mol. The number of hydrogen-bond acceptors (Lipinski definition) is 6. The highest BCUT2D eigenvalue weighted by Gasteiger charge is 2.29. The van der Waals surface area contributed by atoms with E-state index in [9.17, 15) is 18.5 Å². The lowest BCUT2D eigenvalue weighted by Gasteiger charge is -2.17. The molecule has 0 radical (unpaired) electrons. The summed E-state index contributed by atoms with van der Waals surface area (Å²) < 4.78 is 26.1. The fourth-order valence-corrected chi connectivity index (χ4v) is 4.65. The molecular weight excluding hydrogens is 314 g/mol. The van der Waals surface area contributed by atoms with Gasteiger partial charge in [-0.1, -0.05) is 32.1 Å². The van der Waals surface area contributed by atoms with Crippen LogP contribution in [0.25, 0.3) is 0 Å². The lowest BCUT2D eigenvalue weighted by molar-refractivity contribution is -0.383. The van der Waals surface area contributed by atoms with Crippen molar-refractivity contribution in [2.24, 2.45) is 5.92 Å². The molecule has 0 amide bonds. The summed E-state index contributed by atoms with van der Waals surface area (Å²) in [6, 6.07) is 1.13. The van der Waals surface area contributed by atoms with E-state index >= 15 is 0 Å². The van der Waals surface area contributed by atoms with E-state index in [0.29, 0.717) is 18.1 Å². The minimum atomic E-state index is -3.69. The van der Waals surface area contributed by atoms with Gasteiger partial charge in [-0.05, 0) is 12.3 Å². The first-order chi connectivity index (χ1) is 9.70. The highest BCUT2D eigenvalue weighted by molar-refractivity contribution is 7.91. The first kappa shape index (κ1) is 17.9. The van der Waals surface area contributed by atoms with Crippen molar-refractivity contribution >= 4 is 32.0 Å². The molecule has 0 unspecified atom stereocenters. The van der Waals surface area contributed by atoms with Gasteiger partial charge in [0.25, 0.3) is 10.0 Å². The van der Waals surface area contributed by atoms with Crippen molar-refractivity contribution in [2.75, 3.05) is 25.5 Å². The quantitative estimate of drug-likeness (QED) is 0.582. The Morgan fingerprint density at radius 2 is 2.10 bits per heavy atom. The smallest absolute Gasteiger partial charge is 0.304 e. The maximum absolute atomic E-state index is 12.4. The fraction of sp³-hybridized carbons (Fsp3) is 0.667. The number of nitrogens with zero attached hydrogens (tertiary/aromatic N) is 2. The zero-order valence-electron chi connectivity index (χ0n) is 12.6. The summed E-state index contributed by atoms with van der Waals surface area (Å²) >= 11 is 0.908. The van der Waals surface area contributed by atoms with Crippen LogP contribution in [-0.2, 0) is 10.0 Å². The van der Waals surface area contributed by atoms with Crippen molar-refractivity contribution in [3.63, 3.8) is 0 Å². The minimum Gasteiger partial charge on any atom is -0.371 e. The summed E-state index contributed by atoms with van der Waals surface area (Å²) in [5.74, 6) is 0.178. The third-order valence-electron chi connectivity index (χ3n) is 2.71. The Balaban J connectivity index is 3.15. The van der Waals surface area contributed by atoms with Crippen LogP contribution in [0, 0.1) is 16.0 Å². The van der Waals surface area contributed by atoms with Gasteiger partial charge in [-0.15, -0.1) is 0 Å². The average molecular weight is 335 g/mol. The molecule has 0 saturated carbocycles. The molecule has 9 heteroatoms. The van der Waals surface area contributed by atoms with E-state index < -0.39 is 14.9 Å². The Labute approximate surface area is 129 Å². The van der Waals surface area contributed by atoms with Crippen molar-refractivity contribution in [1.82, 2.24) is 4.31 Å². The molecule has 1 aromatic heterocycles. The summed E-state index contributed by atoms with van der Waals surface area (Å²) in [5, 5.41) is 14.2. The summed E-state index contributed by atoms with van der Waals surface area (Å²) in [5.41, 5.74) is -0.190. The zero-order valence-corrected chi connectivity index (χ0v) is 14.3. The maximum atomic E-state index is 12.4. The number of rotatable bonds is 8. The van der Waals surface area contributed by atoms with Crippen molar-refractivity contribution in [1.29, 1.82) is 0 Å². The highest BCUT2D eigenvalue weighted by atomic mass is 32.2. The molecule has 0 atom stereocenters. The summed E-state index contributed by atoms with van der Waals surface area (Å²) in [6.45, 7) is 6.68. The predicted molar refractivity (Wildman–Crippen MR) is 84.4 cm³/mol. The van der Waals surface area contributed by atoms with Crippen molar-refractivity contribution < 1.29 is 13.3 Å². The Hall–Kier alpha value is -1.19. The van der Waals surface area contributed by atoms with Crippen LogP contribution in [-0.4, -0.2) is 37.8 Å². The molecule has 0 aliphatic rings. The van der Waals surface area contributed by atoms with Gasteiger partial charge in [0.2, 0.25) is 0 Å². The minimum absolute atomic E-state index is 0.00375. The highest BCUT2D eigenvalue weighted by Crippen LogP contribution is 2.38. The van der Waals surface area contributed by atoms with Crippen LogP contribution >= 0.6 is 11.3 Å². The topological polar surface area (TPSA) is 92.6 Å². The van der Waals surface area contributed by atoms with Crippen LogP contribution in [0.1, 0.15) is 27.2 Å². The molecular formula is C12H21N3O4S2. The first-order valence-electron chi connectivity index (χ1n) is 6.68. The summed E-state index contributed by atoms with van der Waals surface area (Å²) in [6.07, 6.45) is 0.796. The Morgan fingerprint density at radius 1 is 1.48 bits per heavy atom. The number of sulfonamides is 1. The molecule has 0 aliphatic carbocycles.